The monoisotopic (exact) mass is 298 g/mol. The number of phosphoric acid groups is 1. The Balaban J connectivity index is 4.59. The van der Waals surface area contributed by atoms with E-state index in [1.54, 1.807) is 0 Å². The summed E-state index contributed by atoms with van der Waals surface area (Å²) in [4.78, 5) is 49.8. The maximum absolute atomic E-state index is 11.4. The normalized spacial score (nSPS) is 10.7. The molecule has 0 aromatic carbocycles. The van der Waals surface area contributed by atoms with Gasteiger partial charge in [0.05, 0.1) is 0 Å². The number of rotatable bonds is 12. The Hall–Kier alpha value is -2.01. The predicted molar refractivity (Wildman–Crippen MR) is 56.4 cm³/mol. The van der Waals surface area contributed by atoms with E-state index in [0.29, 0.717) is 0 Å². The fourth-order valence-corrected chi connectivity index (χ4v) is 1.58. The molecule has 0 atom stereocenters. The Morgan fingerprint density at radius 1 is 0.789 bits per heavy atom. The molecule has 0 radical (unpaired) electrons. The van der Waals surface area contributed by atoms with Crippen molar-refractivity contribution in [3.63, 3.8) is 0 Å². The van der Waals surface area contributed by atoms with Crippen LogP contribution in [0.2, 0.25) is 0 Å². The second-order valence-corrected chi connectivity index (χ2v) is 3.94. The second kappa shape index (κ2) is 8.99. The average Bonchev–Trinajstić information content (AvgIpc) is 2.29. The van der Waals surface area contributed by atoms with Gasteiger partial charge in [0.2, 0.25) is 38.3 Å². The van der Waals surface area contributed by atoms with Crippen LogP contribution in [0.4, 0.5) is 0 Å². The topological polar surface area (TPSA) is 172 Å². The first-order chi connectivity index (χ1) is 8.99. The van der Waals surface area contributed by atoms with Crippen molar-refractivity contribution in [3.05, 3.63) is 0 Å². The van der Waals surface area contributed by atoms with E-state index in [0.717, 1.165) is 0 Å². The molecule has 0 spiro atoms. The molecule has 0 saturated heterocycles. The van der Waals surface area contributed by atoms with E-state index < -0.39 is 20.5 Å². The van der Waals surface area contributed by atoms with E-state index in [9.17, 15) is 28.6 Å². The molecule has 0 fully saturated rings. The predicted octanol–water partition coefficient (Wildman–Crippen LogP) is -3.33. The maximum Gasteiger partial charge on any atom is 0.478 e. The number of amides is 4. The summed E-state index contributed by atoms with van der Waals surface area (Å²) in [5.74, 6) is 0. The van der Waals surface area contributed by atoms with Crippen molar-refractivity contribution in [1.82, 2.24) is 21.3 Å². The number of phosphoric ester groups is 1. The van der Waals surface area contributed by atoms with Gasteiger partial charge in [0.15, 0.2) is 0 Å². The summed E-state index contributed by atoms with van der Waals surface area (Å²) >= 11 is 0. The molecule has 0 aromatic heterocycles. The van der Waals surface area contributed by atoms with Crippen LogP contribution >= 0.6 is 7.82 Å². The third-order valence-corrected chi connectivity index (χ3v) is 2.31. The quantitative estimate of drug-likeness (QED) is 0.141. The third-order valence-electron chi connectivity index (χ3n) is 1.35. The van der Waals surface area contributed by atoms with Crippen molar-refractivity contribution in [2.24, 2.45) is 0 Å². The zero-order chi connectivity index (χ0) is 14.7. The van der Waals surface area contributed by atoms with Crippen LogP contribution < -0.4 is 21.3 Å². The first-order valence-electron chi connectivity index (χ1n) is 4.47. The minimum Gasteiger partial charge on any atom is -0.316 e. The molecular weight excluding hydrogens is 287 g/mol. The summed E-state index contributed by atoms with van der Waals surface area (Å²) in [6, 6.07) is 0. The smallest absolute Gasteiger partial charge is 0.316 e. The summed E-state index contributed by atoms with van der Waals surface area (Å²) < 4.78 is 20.1. The first-order valence-corrected chi connectivity index (χ1v) is 5.97. The molecule has 19 heavy (non-hydrogen) atoms. The van der Waals surface area contributed by atoms with Crippen molar-refractivity contribution in [2.45, 2.75) is 12.7 Å². The van der Waals surface area contributed by atoms with E-state index in [4.69, 9.17) is 0 Å². The molecule has 0 aliphatic rings. The van der Waals surface area contributed by atoms with Gasteiger partial charge in [0.1, 0.15) is 0 Å². The largest absolute Gasteiger partial charge is 0.478 e. The van der Waals surface area contributed by atoms with Crippen LogP contribution in [0.1, 0.15) is 0 Å². The van der Waals surface area contributed by atoms with Crippen LogP contribution in [0.15, 0.2) is 0 Å². The van der Waals surface area contributed by atoms with E-state index >= 15 is 0 Å². The Bertz CT molecular complexity index is 315. The summed E-state index contributed by atoms with van der Waals surface area (Å²) in [5, 5.41) is 7.36. The van der Waals surface area contributed by atoms with Gasteiger partial charge in [0, 0.05) is 0 Å². The zero-order valence-corrected chi connectivity index (χ0v) is 10.1. The van der Waals surface area contributed by atoms with Crippen molar-refractivity contribution in [2.75, 3.05) is 0 Å². The molecule has 108 valence electrons. The molecule has 13 heteroatoms. The molecule has 0 aliphatic heterocycles. The van der Waals surface area contributed by atoms with Crippen molar-refractivity contribution in [3.8, 4) is 0 Å². The Labute approximate surface area is 106 Å². The van der Waals surface area contributed by atoms with Gasteiger partial charge >= 0.3 is 7.82 Å². The summed E-state index contributed by atoms with van der Waals surface area (Å²) in [5.41, 5.74) is 0. The molecule has 0 aromatic rings. The van der Waals surface area contributed by atoms with Gasteiger partial charge in [-0.2, -0.15) is 0 Å². The fourth-order valence-electron chi connectivity index (χ4n) is 0.756. The average molecular weight is 298 g/mol. The van der Waals surface area contributed by atoms with Crippen LogP contribution in [0.25, 0.3) is 0 Å². The van der Waals surface area contributed by atoms with Gasteiger partial charge in [0.25, 0.3) is 0 Å². The highest BCUT2D eigenvalue weighted by Crippen LogP contribution is 2.44. The van der Waals surface area contributed by atoms with E-state index in [-0.39, 0.29) is 25.6 Å². The lowest BCUT2D eigenvalue weighted by Gasteiger charge is -2.22. The van der Waals surface area contributed by atoms with Crippen LogP contribution in [-0.2, 0) is 32.8 Å². The highest BCUT2D eigenvalue weighted by molar-refractivity contribution is 7.47. The van der Waals surface area contributed by atoms with Gasteiger partial charge < -0.3 is 26.2 Å². The van der Waals surface area contributed by atoms with Crippen LogP contribution in [0.3, 0.4) is 0 Å². The van der Waals surface area contributed by atoms with Gasteiger partial charge in [-0.05, 0) is 0 Å². The lowest BCUT2D eigenvalue weighted by atomic mass is 10.9. The van der Waals surface area contributed by atoms with Gasteiger partial charge in [-0.15, -0.1) is 0 Å². The van der Waals surface area contributed by atoms with Gasteiger partial charge in [-0.25, -0.2) is 13.6 Å². The lowest BCUT2D eigenvalue weighted by Crippen LogP contribution is -2.45. The Morgan fingerprint density at radius 3 is 1.26 bits per heavy atom. The molecule has 5 N–H and O–H groups in total. The molecule has 0 heterocycles. The van der Waals surface area contributed by atoms with Crippen molar-refractivity contribution < 1.29 is 37.7 Å². The lowest BCUT2D eigenvalue weighted by molar-refractivity contribution is -0.116. The van der Waals surface area contributed by atoms with Crippen LogP contribution in [0.5, 0.6) is 0 Å². The highest BCUT2D eigenvalue weighted by atomic mass is 31.2. The Morgan fingerprint density at radius 2 is 1.05 bits per heavy atom. The van der Waals surface area contributed by atoms with Crippen LogP contribution in [0, 0.1) is 0 Å². The van der Waals surface area contributed by atoms with Gasteiger partial charge in [-0.3, -0.25) is 19.2 Å². The zero-order valence-electron chi connectivity index (χ0n) is 9.22. The number of hydrogen-bond donors (Lipinski definition) is 5. The molecule has 0 rings (SSSR count). The van der Waals surface area contributed by atoms with Crippen molar-refractivity contribution >= 4 is 33.5 Å². The first kappa shape index (κ1) is 17.0. The molecule has 12 nitrogen and oxygen atoms in total. The van der Waals surface area contributed by atoms with Crippen LogP contribution in [-0.4, -0.2) is 43.2 Å². The minimum absolute atomic E-state index is 0.0893. The number of hydrogen-bond acceptors (Lipinski definition) is 7. The van der Waals surface area contributed by atoms with Crippen molar-refractivity contribution in [1.29, 1.82) is 0 Å². The summed E-state index contributed by atoms with van der Waals surface area (Å²) in [6.45, 7) is 0. The maximum atomic E-state index is 11.4. The van der Waals surface area contributed by atoms with E-state index in [1.807, 2.05) is 21.3 Å². The second-order valence-electron chi connectivity index (χ2n) is 2.58. The molecule has 0 unspecified atom stereocenters. The number of nitrogens with one attached hydrogen (secondary N) is 4. The molecular formula is C6H11N4O8P. The SMILES string of the molecule is O=CNC(NC=O)OP(=O)(O)OC(NC=O)NC=O. The molecule has 4 amide bonds. The number of carbonyl (C=O) groups is 4. The fraction of sp³-hybridized carbons (Fsp3) is 0.333. The number of carbonyl (C=O) groups excluding carboxylic acids is 4. The van der Waals surface area contributed by atoms with E-state index in [1.165, 1.54) is 0 Å². The van der Waals surface area contributed by atoms with Gasteiger partial charge in [-0.1, -0.05) is 0 Å². The third kappa shape index (κ3) is 7.83. The summed E-state index contributed by atoms with van der Waals surface area (Å²) in [7, 11) is -4.81. The molecule has 0 aliphatic carbocycles. The van der Waals surface area contributed by atoms with E-state index in [2.05, 4.69) is 9.05 Å². The minimum atomic E-state index is -4.81. The standard InChI is InChI=1S/C6H11N4O8P/c11-1-7-5(8-2-12)17-19(15,16)18-6(9-3-13)10-4-14/h1-6H,(H,7,11)(H,8,12)(H,9,13)(H,10,14)(H,15,16). The molecule has 0 saturated carbocycles. The highest BCUT2D eigenvalue weighted by Gasteiger charge is 2.30. The Kier molecular flexibility index (Phi) is 8.04. The molecule has 0 bridgehead atoms. The summed E-state index contributed by atoms with van der Waals surface area (Å²) in [6.07, 6.45) is -2.92.